The molecule has 0 bridgehead atoms. The quantitative estimate of drug-likeness (QED) is 0.777. The van der Waals surface area contributed by atoms with Crippen molar-refractivity contribution in [2.75, 3.05) is 0 Å². The molecule has 1 aromatic carbocycles. The van der Waals surface area contributed by atoms with Gasteiger partial charge in [0.05, 0.1) is 22.9 Å². The van der Waals surface area contributed by atoms with Crippen molar-refractivity contribution >= 4 is 17.2 Å². The van der Waals surface area contributed by atoms with E-state index in [4.69, 9.17) is 0 Å². The number of nitrogens with one attached hydrogen (secondary N) is 1. The van der Waals surface area contributed by atoms with Gasteiger partial charge in [0.25, 0.3) is 5.91 Å². The molecule has 2 aromatic heterocycles. The highest BCUT2D eigenvalue weighted by atomic mass is 32.1. The number of hydrogen-bond acceptors (Lipinski definition) is 5. The molecular formula is C18H21N5OS. The van der Waals surface area contributed by atoms with Crippen LogP contribution >= 0.6 is 11.3 Å². The van der Waals surface area contributed by atoms with Crippen LogP contribution in [0.3, 0.4) is 0 Å². The van der Waals surface area contributed by atoms with Crippen molar-refractivity contribution in [2.24, 2.45) is 0 Å². The average Bonchev–Trinajstić information content (AvgIpc) is 3.26. The van der Waals surface area contributed by atoms with Crippen LogP contribution in [-0.4, -0.2) is 25.7 Å². The molecule has 1 amide bonds. The molecule has 0 aliphatic carbocycles. The Kier molecular flexibility index (Phi) is 4.67. The van der Waals surface area contributed by atoms with Gasteiger partial charge >= 0.3 is 0 Å². The summed E-state index contributed by atoms with van der Waals surface area (Å²) < 4.78 is 1.69. The summed E-state index contributed by atoms with van der Waals surface area (Å²) >= 11 is 1.44. The molecule has 1 unspecified atom stereocenters. The number of amides is 1. The highest BCUT2D eigenvalue weighted by Crippen LogP contribution is 2.27. The summed E-state index contributed by atoms with van der Waals surface area (Å²) in [6, 6.07) is 7.77. The molecule has 130 valence electrons. The standard InChI is InChI=1S/C18H21N5OS/c1-12(13-5-7-14(8-6-13)23-11-19-10-21-23)22-16(24)15-9-20-17(25-15)18(2,3)4/h5-12H,1-4H3,(H,22,24). The van der Waals surface area contributed by atoms with Crippen LogP contribution in [0.25, 0.3) is 5.69 Å². The van der Waals surface area contributed by atoms with Gasteiger partial charge in [-0.2, -0.15) is 5.10 Å². The van der Waals surface area contributed by atoms with Gasteiger partial charge < -0.3 is 5.32 Å². The van der Waals surface area contributed by atoms with Gasteiger partial charge in [0.15, 0.2) is 0 Å². The Morgan fingerprint density at radius 1 is 1.24 bits per heavy atom. The lowest BCUT2D eigenvalue weighted by Crippen LogP contribution is -2.25. The van der Waals surface area contributed by atoms with Gasteiger partial charge in [-0.1, -0.05) is 32.9 Å². The fourth-order valence-corrected chi connectivity index (χ4v) is 3.21. The maximum absolute atomic E-state index is 12.5. The van der Waals surface area contributed by atoms with Crippen LogP contribution in [0.4, 0.5) is 0 Å². The predicted molar refractivity (Wildman–Crippen MR) is 98.1 cm³/mol. The van der Waals surface area contributed by atoms with Gasteiger partial charge in [0.2, 0.25) is 0 Å². The van der Waals surface area contributed by atoms with E-state index in [1.807, 2.05) is 31.2 Å². The third-order valence-corrected chi connectivity index (χ3v) is 5.22. The molecule has 0 aliphatic rings. The van der Waals surface area contributed by atoms with Gasteiger partial charge in [-0.3, -0.25) is 4.79 Å². The molecular weight excluding hydrogens is 334 g/mol. The Hall–Kier alpha value is -2.54. The zero-order valence-corrected chi connectivity index (χ0v) is 15.5. The molecule has 0 spiro atoms. The Bertz CT molecular complexity index is 846. The first-order valence-electron chi connectivity index (χ1n) is 8.07. The maximum atomic E-state index is 12.5. The third-order valence-electron chi connectivity index (χ3n) is 3.80. The first-order chi connectivity index (χ1) is 11.8. The molecule has 7 heteroatoms. The second kappa shape index (κ2) is 6.76. The van der Waals surface area contributed by atoms with Crippen LogP contribution in [0.2, 0.25) is 0 Å². The van der Waals surface area contributed by atoms with E-state index in [1.54, 1.807) is 17.2 Å². The van der Waals surface area contributed by atoms with Crippen LogP contribution in [0.15, 0.2) is 43.1 Å². The molecule has 0 radical (unpaired) electrons. The van der Waals surface area contributed by atoms with E-state index in [0.717, 1.165) is 16.3 Å². The Labute approximate surface area is 150 Å². The number of hydrogen-bond donors (Lipinski definition) is 1. The summed E-state index contributed by atoms with van der Waals surface area (Å²) in [7, 11) is 0. The number of rotatable bonds is 4. The first-order valence-corrected chi connectivity index (χ1v) is 8.88. The van der Waals surface area contributed by atoms with E-state index >= 15 is 0 Å². The van der Waals surface area contributed by atoms with Crippen LogP contribution in [0, 0.1) is 0 Å². The third kappa shape index (κ3) is 3.93. The van der Waals surface area contributed by atoms with E-state index in [2.05, 4.69) is 41.2 Å². The van der Waals surface area contributed by atoms with Crippen molar-refractivity contribution in [1.29, 1.82) is 0 Å². The van der Waals surface area contributed by atoms with Crippen LogP contribution in [0.1, 0.15) is 54.0 Å². The summed E-state index contributed by atoms with van der Waals surface area (Å²) in [6.45, 7) is 8.24. The van der Waals surface area contributed by atoms with Crippen molar-refractivity contribution in [3.8, 4) is 5.69 Å². The summed E-state index contributed by atoms with van der Waals surface area (Å²) in [5, 5.41) is 8.09. The van der Waals surface area contributed by atoms with E-state index < -0.39 is 0 Å². The maximum Gasteiger partial charge on any atom is 0.263 e. The molecule has 25 heavy (non-hydrogen) atoms. The summed E-state index contributed by atoms with van der Waals surface area (Å²) in [5.74, 6) is -0.0964. The predicted octanol–water partition coefficient (Wildman–Crippen LogP) is 3.51. The normalized spacial score (nSPS) is 12.8. The fraction of sp³-hybridized carbons (Fsp3) is 0.333. The number of nitrogens with zero attached hydrogens (tertiary/aromatic N) is 4. The molecule has 1 N–H and O–H groups in total. The van der Waals surface area contributed by atoms with Crippen molar-refractivity contribution in [3.05, 3.63) is 58.6 Å². The highest BCUT2D eigenvalue weighted by Gasteiger charge is 2.21. The van der Waals surface area contributed by atoms with Crippen molar-refractivity contribution in [1.82, 2.24) is 25.1 Å². The molecule has 1 atom stereocenters. The van der Waals surface area contributed by atoms with E-state index in [9.17, 15) is 4.79 Å². The summed E-state index contributed by atoms with van der Waals surface area (Å²) in [5.41, 5.74) is 1.90. The lowest BCUT2D eigenvalue weighted by molar-refractivity contribution is 0.0944. The first kappa shape index (κ1) is 17.3. The molecule has 0 saturated carbocycles. The molecule has 0 saturated heterocycles. The molecule has 6 nitrogen and oxygen atoms in total. The van der Waals surface area contributed by atoms with Crippen molar-refractivity contribution in [2.45, 2.75) is 39.2 Å². The van der Waals surface area contributed by atoms with Crippen LogP contribution in [0.5, 0.6) is 0 Å². The van der Waals surface area contributed by atoms with Gasteiger partial charge in [-0.25, -0.2) is 14.6 Å². The Morgan fingerprint density at radius 2 is 1.96 bits per heavy atom. The highest BCUT2D eigenvalue weighted by molar-refractivity contribution is 7.13. The summed E-state index contributed by atoms with van der Waals surface area (Å²) in [4.78, 5) is 21.4. The van der Waals surface area contributed by atoms with Crippen molar-refractivity contribution in [3.63, 3.8) is 0 Å². The Balaban J connectivity index is 1.68. The SMILES string of the molecule is CC(NC(=O)c1cnc(C(C)(C)C)s1)c1ccc(-n2cncn2)cc1. The second-order valence-electron chi connectivity index (χ2n) is 6.91. The minimum absolute atomic E-state index is 0.0496. The topological polar surface area (TPSA) is 72.7 Å². The van der Waals surface area contributed by atoms with E-state index in [-0.39, 0.29) is 17.4 Å². The zero-order valence-electron chi connectivity index (χ0n) is 14.7. The molecule has 3 aromatic rings. The van der Waals surface area contributed by atoms with Gasteiger partial charge in [0, 0.05) is 5.41 Å². The fourth-order valence-electron chi connectivity index (χ4n) is 2.33. The van der Waals surface area contributed by atoms with Gasteiger partial charge in [0.1, 0.15) is 17.5 Å². The number of carbonyl (C=O) groups excluding carboxylic acids is 1. The van der Waals surface area contributed by atoms with E-state index in [0.29, 0.717) is 4.88 Å². The number of thiazole rings is 1. The summed E-state index contributed by atoms with van der Waals surface area (Å²) in [6.07, 6.45) is 4.80. The van der Waals surface area contributed by atoms with E-state index in [1.165, 1.54) is 17.7 Å². The molecule has 0 fully saturated rings. The number of carbonyl (C=O) groups is 1. The molecule has 2 heterocycles. The second-order valence-corrected chi connectivity index (χ2v) is 7.94. The minimum atomic E-state index is -0.0996. The van der Waals surface area contributed by atoms with Gasteiger partial charge in [-0.15, -0.1) is 11.3 Å². The monoisotopic (exact) mass is 355 g/mol. The number of benzene rings is 1. The largest absolute Gasteiger partial charge is 0.345 e. The van der Waals surface area contributed by atoms with Crippen molar-refractivity contribution < 1.29 is 4.79 Å². The van der Waals surface area contributed by atoms with Crippen LogP contribution < -0.4 is 5.32 Å². The average molecular weight is 355 g/mol. The number of aromatic nitrogens is 4. The smallest absolute Gasteiger partial charge is 0.263 e. The molecule has 3 rings (SSSR count). The van der Waals surface area contributed by atoms with Crippen LogP contribution in [-0.2, 0) is 5.41 Å². The lowest BCUT2D eigenvalue weighted by atomic mass is 9.98. The minimum Gasteiger partial charge on any atom is -0.345 e. The lowest BCUT2D eigenvalue weighted by Gasteiger charge is -2.15. The molecule has 0 aliphatic heterocycles. The zero-order chi connectivity index (χ0) is 18.0. The Morgan fingerprint density at radius 3 is 2.52 bits per heavy atom. The van der Waals surface area contributed by atoms with Gasteiger partial charge in [-0.05, 0) is 24.6 Å².